The lowest BCUT2D eigenvalue weighted by atomic mass is 10.2. The first kappa shape index (κ1) is 21.6. The number of halogens is 5. The van der Waals surface area contributed by atoms with Gasteiger partial charge in [-0.2, -0.15) is 13.2 Å². The fraction of sp³-hybridized carbons (Fsp3) is 0.111. The van der Waals surface area contributed by atoms with E-state index in [1.807, 2.05) is 0 Å². The minimum atomic E-state index is -5.00. The van der Waals surface area contributed by atoms with Crippen molar-refractivity contribution < 1.29 is 22.7 Å². The molecular weight excluding hydrogens is 448 g/mol. The zero-order valence-corrected chi connectivity index (χ0v) is 16.5. The second-order valence-electron chi connectivity index (χ2n) is 5.88. The number of H-pyrrole nitrogens is 1. The third-order valence-electron chi connectivity index (χ3n) is 3.58. The number of nitrogens with one attached hydrogen (secondary N) is 2. The van der Waals surface area contributed by atoms with Crippen LogP contribution in [0.4, 0.5) is 18.9 Å². The zero-order valence-electron chi connectivity index (χ0n) is 15.0. The summed E-state index contributed by atoms with van der Waals surface area (Å²) in [5.41, 5.74) is -2.44. The average Bonchev–Trinajstić information content (AvgIpc) is 2.65. The Morgan fingerprint density at radius 1 is 1.17 bits per heavy atom. The summed E-state index contributed by atoms with van der Waals surface area (Å²) in [5, 5.41) is 2.66. The maximum Gasteiger partial charge on any atom is 0.437 e. The molecule has 2 heterocycles. The third-order valence-corrected chi connectivity index (χ3v) is 4.32. The van der Waals surface area contributed by atoms with Gasteiger partial charge in [0.2, 0.25) is 11.7 Å². The normalized spacial score (nSPS) is 11.3. The van der Waals surface area contributed by atoms with E-state index < -0.39 is 29.0 Å². The number of ether oxygens (including phenoxy) is 1. The second kappa shape index (κ2) is 8.33. The van der Waals surface area contributed by atoms with E-state index >= 15 is 0 Å². The number of aromatic amines is 1. The quantitative estimate of drug-likeness (QED) is 0.578. The minimum absolute atomic E-state index is 0.0344. The topological polar surface area (TPSA) is 97.0 Å². The zero-order chi connectivity index (χ0) is 22.1. The third kappa shape index (κ3) is 4.89. The highest BCUT2D eigenvalue weighted by Crippen LogP contribution is 2.36. The van der Waals surface area contributed by atoms with E-state index in [0.29, 0.717) is 5.69 Å². The summed E-state index contributed by atoms with van der Waals surface area (Å²) in [5.74, 6) is -1.96. The molecule has 0 bridgehead atoms. The molecule has 0 atom stereocenters. The lowest BCUT2D eigenvalue weighted by Gasteiger charge is -2.13. The predicted octanol–water partition coefficient (Wildman–Crippen LogP) is 4.91. The van der Waals surface area contributed by atoms with Gasteiger partial charge >= 0.3 is 6.18 Å². The van der Waals surface area contributed by atoms with Crippen LogP contribution in [0.15, 0.2) is 41.3 Å². The Morgan fingerprint density at radius 3 is 2.47 bits per heavy atom. The molecule has 2 N–H and O–H groups in total. The molecule has 0 aliphatic rings. The van der Waals surface area contributed by atoms with E-state index in [0.717, 1.165) is 0 Å². The summed E-state index contributed by atoms with van der Waals surface area (Å²) in [6.07, 6.45) is -3.78. The van der Waals surface area contributed by atoms with Crippen molar-refractivity contribution in [3.8, 4) is 23.0 Å². The van der Waals surface area contributed by atoms with E-state index in [9.17, 15) is 22.8 Å². The van der Waals surface area contributed by atoms with E-state index in [-0.39, 0.29) is 27.4 Å². The molecule has 0 aliphatic heterocycles. The highest BCUT2D eigenvalue weighted by atomic mass is 35.5. The number of pyridine rings is 1. The molecule has 0 saturated carbocycles. The van der Waals surface area contributed by atoms with Crippen molar-refractivity contribution in [3.63, 3.8) is 0 Å². The van der Waals surface area contributed by atoms with Gasteiger partial charge < -0.3 is 15.0 Å². The molecule has 2 aromatic heterocycles. The van der Waals surface area contributed by atoms with Crippen LogP contribution in [-0.2, 0) is 11.0 Å². The SMILES string of the molecule is CC(=O)Nc1ccc(-c2nc(C(F)(F)F)c(Oc3ccc(Cl)c(Cl)c3)c(=O)[nH]2)nc1. The van der Waals surface area contributed by atoms with Crippen LogP contribution in [0.2, 0.25) is 10.0 Å². The maximum atomic E-state index is 13.6. The molecule has 156 valence electrons. The van der Waals surface area contributed by atoms with Crippen molar-refractivity contribution in [1.29, 1.82) is 0 Å². The van der Waals surface area contributed by atoms with Crippen LogP contribution in [0.5, 0.6) is 11.5 Å². The van der Waals surface area contributed by atoms with Gasteiger partial charge in [0, 0.05) is 13.0 Å². The van der Waals surface area contributed by atoms with Gasteiger partial charge in [-0.3, -0.25) is 14.6 Å². The molecule has 1 aromatic carbocycles. The van der Waals surface area contributed by atoms with Gasteiger partial charge in [0.25, 0.3) is 5.56 Å². The Balaban J connectivity index is 2.04. The number of alkyl halides is 3. The number of nitrogens with zero attached hydrogens (tertiary/aromatic N) is 2. The number of benzene rings is 1. The summed E-state index contributed by atoms with van der Waals surface area (Å²) in [6.45, 7) is 1.29. The van der Waals surface area contributed by atoms with Crippen LogP contribution >= 0.6 is 23.2 Å². The van der Waals surface area contributed by atoms with Crippen LogP contribution < -0.4 is 15.6 Å². The summed E-state index contributed by atoms with van der Waals surface area (Å²) < 4.78 is 45.8. The molecule has 7 nitrogen and oxygen atoms in total. The lowest BCUT2D eigenvalue weighted by molar-refractivity contribution is -0.142. The Morgan fingerprint density at radius 2 is 1.90 bits per heavy atom. The highest BCUT2D eigenvalue weighted by Gasteiger charge is 2.39. The van der Waals surface area contributed by atoms with E-state index in [1.165, 1.54) is 43.5 Å². The molecule has 0 aliphatic carbocycles. The summed E-state index contributed by atoms with van der Waals surface area (Å²) >= 11 is 11.6. The van der Waals surface area contributed by atoms with E-state index in [4.69, 9.17) is 27.9 Å². The van der Waals surface area contributed by atoms with Gasteiger partial charge in [-0.15, -0.1) is 0 Å². The molecule has 12 heteroatoms. The molecule has 0 radical (unpaired) electrons. The number of carbonyl (C=O) groups excluding carboxylic acids is 1. The number of hydrogen-bond donors (Lipinski definition) is 2. The van der Waals surface area contributed by atoms with Crippen molar-refractivity contribution in [3.05, 3.63) is 62.6 Å². The standard InChI is InChI=1S/C18H11Cl2F3N4O3/c1-8(28)25-9-2-5-13(24-7-9)16-26-15(18(21,22)23)14(17(29)27-16)30-10-3-4-11(19)12(20)6-10/h2-7H,1H3,(H,25,28)(H,26,27,29). The number of aromatic nitrogens is 3. The van der Waals surface area contributed by atoms with Gasteiger partial charge in [-0.25, -0.2) is 4.98 Å². The molecule has 0 saturated heterocycles. The van der Waals surface area contributed by atoms with Gasteiger partial charge in [0.05, 0.1) is 21.9 Å². The predicted molar refractivity (Wildman–Crippen MR) is 104 cm³/mol. The Hall–Kier alpha value is -3.11. The monoisotopic (exact) mass is 458 g/mol. The molecule has 0 unspecified atom stereocenters. The Bertz CT molecular complexity index is 1160. The first-order valence-corrected chi connectivity index (χ1v) is 8.88. The number of carbonyl (C=O) groups is 1. The Labute approximate surface area is 176 Å². The average molecular weight is 459 g/mol. The molecule has 1 amide bonds. The first-order chi connectivity index (χ1) is 14.0. The molecule has 30 heavy (non-hydrogen) atoms. The van der Waals surface area contributed by atoms with Crippen LogP contribution in [0.25, 0.3) is 11.5 Å². The lowest BCUT2D eigenvalue weighted by Crippen LogP contribution is -2.21. The summed E-state index contributed by atoms with van der Waals surface area (Å²) in [6, 6.07) is 6.42. The van der Waals surface area contributed by atoms with Crippen molar-refractivity contribution in [2.45, 2.75) is 13.1 Å². The van der Waals surface area contributed by atoms with Crippen LogP contribution in [0.1, 0.15) is 12.6 Å². The number of hydrogen-bond acceptors (Lipinski definition) is 5. The van der Waals surface area contributed by atoms with Gasteiger partial charge in [-0.1, -0.05) is 23.2 Å². The first-order valence-electron chi connectivity index (χ1n) is 8.13. The number of anilines is 1. The fourth-order valence-electron chi connectivity index (χ4n) is 2.34. The van der Waals surface area contributed by atoms with Gasteiger partial charge in [-0.05, 0) is 24.3 Å². The van der Waals surface area contributed by atoms with Crippen molar-refractivity contribution >= 4 is 34.8 Å². The summed E-state index contributed by atoms with van der Waals surface area (Å²) in [4.78, 5) is 33.0. The highest BCUT2D eigenvalue weighted by molar-refractivity contribution is 6.42. The van der Waals surface area contributed by atoms with Crippen molar-refractivity contribution in [2.24, 2.45) is 0 Å². The van der Waals surface area contributed by atoms with Crippen LogP contribution in [-0.4, -0.2) is 20.9 Å². The van der Waals surface area contributed by atoms with Gasteiger partial charge in [0.1, 0.15) is 11.4 Å². The van der Waals surface area contributed by atoms with Crippen molar-refractivity contribution in [1.82, 2.24) is 15.0 Å². The fourth-order valence-corrected chi connectivity index (χ4v) is 2.63. The maximum absolute atomic E-state index is 13.6. The van der Waals surface area contributed by atoms with E-state index in [1.54, 1.807) is 0 Å². The Kier molecular flexibility index (Phi) is 5.99. The molecule has 3 aromatic rings. The second-order valence-corrected chi connectivity index (χ2v) is 6.70. The van der Waals surface area contributed by atoms with Crippen LogP contribution in [0.3, 0.4) is 0 Å². The van der Waals surface area contributed by atoms with E-state index in [2.05, 4.69) is 20.3 Å². The van der Waals surface area contributed by atoms with Crippen LogP contribution in [0, 0.1) is 0 Å². The number of rotatable bonds is 4. The molecular formula is C18H11Cl2F3N4O3. The molecule has 3 rings (SSSR count). The number of amides is 1. The minimum Gasteiger partial charge on any atom is -0.449 e. The smallest absolute Gasteiger partial charge is 0.437 e. The molecule has 0 fully saturated rings. The molecule has 0 spiro atoms. The summed E-state index contributed by atoms with van der Waals surface area (Å²) in [7, 11) is 0. The largest absolute Gasteiger partial charge is 0.449 e. The van der Waals surface area contributed by atoms with Crippen molar-refractivity contribution in [2.75, 3.05) is 5.32 Å². The van der Waals surface area contributed by atoms with Gasteiger partial charge in [0.15, 0.2) is 11.5 Å².